The van der Waals surface area contributed by atoms with Crippen molar-refractivity contribution in [2.24, 2.45) is 11.7 Å². The Kier molecular flexibility index (Phi) is 6.54. The van der Waals surface area contributed by atoms with Crippen molar-refractivity contribution in [3.63, 3.8) is 0 Å². The molecule has 1 aromatic rings. The van der Waals surface area contributed by atoms with E-state index in [0.29, 0.717) is 35.6 Å². The minimum atomic E-state index is -0.186. The summed E-state index contributed by atoms with van der Waals surface area (Å²) in [4.78, 5) is 2.27. The van der Waals surface area contributed by atoms with Gasteiger partial charge >= 0.3 is 0 Å². The molecule has 2 atom stereocenters. The molecule has 1 saturated heterocycles. The minimum absolute atomic E-state index is 0. The SMILES string of the molecule is CC1CCN(Cc2cc(Cl)ccc2F)C(CN)C1.Cl. The molecule has 1 heterocycles. The summed E-state index contributed by atoms with van der Waals surface area (Å²) in [6.45, 7) is 4.46. The number of rotatable bonds is 3. The first-order valence-electron chi connectivity index (χ1n) is 6.48. The molecule has 0 bridgehead atoms. The van der Waals surface area contributed by atoms with E-state index in [-0.39, 0.29) is 18.2 Å². The highest BCUT2D eigenvalue weighted by atomic mass is 35.5. The van der Waals surface area contributed by atoms with Gasteiger partial charge in [0, 0.05) is 29.7 Å². The van der Waals surface area contributed by atoms with Gasteiger partial charge < -0.3 is 5.73 Å². The Morgan fingerprint density at radius 2 is 2.21 bits per heavy atom. The number of likely N-dealkylation sites (tertiary alicyclic amines) is 1. The molecule has 1 fully saturated rings. The number of benzene rings is 1. The van der Waals surface area contributed by atoms with Gasteiger partial charge in [-0.3, -0.25) is 4.90 Å². The van der Waals surface area contributed by atoms with Crippen LogP contribution < -0.4 is 5.73 Å². The molecule has 1 aliphatic rings. The largest absolute Gasteiger partial charge is 0.329 e. The van der Waals surface area contributed by atoms with Crippen LogP contribution in [0, 0.1) is 11.7 Å². The molecule has 1 aliphatic heterocycles. The number of hydrogen-bond acceptors (Lipinski definition) is 2. The zero-order valence-corrected chi connectivity index (χ0v) is 12.7. The molecular formula is C14H21Cl2FN2. The van der Waals surface area contributed by atoms with Crippen LogP contribution in [0.3, 0.4) is 0 Å². The zero-order valence-electron chi connectivity index (χ0n) is 11.1. The van der Waals surface area contributed by atoms with Crippen LogP contribution in [0.15, 0.2) is 18.2 Å². The number of nitrogens with two attached hydrogens (primary N) is 1. The second-order valence-corrected chi connectivity index (χ2v) is 5.66. The number of halogens is 3. The maximum atomic E-state index is 13.7. The molecule has 0 amide bonds. The van der Waals surface area contributed by atoms with Crippen LogP contribution in [0.25, 0.3) is 0 Å². The van der Waals surface area contributed by atoms with Crippen LogP contribution in [0.4, 0.5) is 4.39 Å². The lowest BCUT2D eigenvalue weighted by atomic mass is 9.92. The fourth-order valence-corrected chi connectivity index (χ4v) is 2.83. The summed E-state index contributed by atoms with van der Waals surface area (Å²) in [5.74, 6) is 0.521. The van der Waals surface area contributed by atoms with E-state index < -0.39 is 0 Å². The monoisotopic (exact) mass is 306 g/mol. The van der Waals surface area contributed by atoms with E-state index in [4.69, 9.17) is 17.3 Å². The van der Waals surface area contributed by atoms with Gasteiger partial charge in [0.2, 0.25) is 0 Å². The van der Waals surface area contributed by atoms with Gasteiger partial charge in [-0.15, -0.1) is 12.4 Å². The Hall–Kier alpha value is -0.350. The third-order valence-corrected chi connectivity index (χ3v) is 3.99. The standard InChI is InChI=1S/C14H20ClFN2.ClH/c1-10-4-5-18(13(6-10)8-17)9-11-7-12(15)2-3-14(11)16;/h2-3,7,10,13H,4-6,8-9,17H2,1H3;1H. The Labute approximate surface area is 125 Å². The van der Waals surface area contributed by atoms with Gasteiger partial charge in [0.25, 0.3) is 0 Å². The summed E-state index contributed by atoms with van der Waals surface area (Å²) in [7, 11) is 0. The summed E-state index contributed by atoms with van der Waals surface area (Å²) in [6.07, 6.45) is 2.25. The summed E-state index contributed by atoms with van der Waals surface area (Å²) >= 11 is 5.92. The van der Waals surface area contributed by atoms with Gasteiger partial charge in [0.15, 0.2) is 0 Å². The smallest absolute Gasteiger partial charge is 0.127 e. The molecule has 2 rings (SSSR count). The third-order valence-electron chi connectivity index (χ3n) is 3.75. The van der Waals surface area contributed by atoms with Gasteiger partial charge in [0.05, 0.1) is 0 Å². The lowest BCUT2D eigenvalue weighted by Gasteiger charge is -2.38. The van der Waals surface area contributed by atoms with Crippen molar-refractivity contribution in [1.82, 2.24) is 4.90 Å². The highest BCUT2D eigenvalue weighted by molar-refractivity contribution is 6.30. The van der Waals surface area contributed by atoms with Crippen LogP contribution in [-0.4, -0.2) is 24.0 Å². The van der Waals surface area contributed by atoms with Crippen LogP contribution >= 0.6 is 24.0 Å². The molecule has 0 spiro atoms. The summed E-state index contributed by atoms with van der Waals surface area (Å²) < 4.78 is 13.7. The quantitative estimate of drug-likeness (QED) is 0.926. The molecule has 1 aromatic carbocycles. The number of piperidine rings is 1. The fraction of sp³-hybridized carbons (Fsp3) is 0.571. The van der Waals surface area contributed by atoms with E-state index in [2.05, 4.69) is 11.8 Å². The average molecular weight is 307 g/mol. The van der Waals surface area contributed by atoms with Crippen LogP contribution in [-0.2, 0) is 6.54 Å². The number of hydrogen-bond donors (Lipinski definition) is 1. The maximum Gasteiger partial charge on any atom is 0.127 e. The second kappa shape index (κ2) is 7.44. The van der Waals surface area contributed by atoms with Crippen LogP contribution in [0.2, 0.25) is 5.02 Å². The molecule has 2 N–H and O–H groups in total. The molecule has 0 radical (unpaired) electrons. The van der Waals surface area contributed by atoms with Crippen molar-refractivity contribution in [2.45, 2.75) is 32.4 Å². The molecule has 5 heteroatoms. The molecule has 2 nitrogen and oxygen atoms in total. The summed E-state index contributed by atoms with van der Waals surface area (Å²) in [5, 5.41) is 0.584. The zero-order chi connectivity index (χ0) is 13.1. The maximum absolute atomic E-state index is 13.7. The van der Waals surface area contributed by atoms with Crippen molar-refractivity contribution in [3.8, 4) is 0 Å². The molecule has 19 heavy (non-hydrogen) atoms. The highest BCUT2D eigenvalue weighted by Gasteiger charge is 2.25. The molecule has 0 saturated carbocycles. The Balaban J connectivity index is 0.00000180. The van der Waals surface area contributed by atoms with E-state index in [1.807, 2.05) is 0 Å². The van der Waals surface area contributed by atoms with Gasteiger partial charge in [-0.1, -0.05) is 18.5 Å². The lowest BCUT2D eigenvalue weighted by Crippen LogP contribution is -2.45. The Bertz CT molecular complexity index is 414. The van der Waals surface area contributed by atoms with E-state index >= 15 is 0 Å². The fourth-order valence-electron chi connectivity index (χ4n) is 2.64. The third kappa shape index (κ3) is 4.32. The van der Waals surface area contributed by atoms with E-state index in [1.54, 1.807) is 12.1 Å². The van der Waals surface area contributed by atoms with Crippen molar-refractivity contribution < 1.29 is 4.39 Å². The highest BCUT2D eigenvalue weighted by Crippen LogP contribution is 2.25. The Morgan fingerprint density at radius 1 is 1.47 bits per heavy atom. The topological polar surface area (TPSA) is 29.3 Å². The van der Waals surface area contributed by atoms with Gasteiger partial charge in [-0.05, 0) is 43.5 Å². The average Bonchev–Trinajstić information content (AvgIpc) is 2.36. The van der Waals surface area contributed by atoms with E-state index in [1.165, 1.54) is 6.07 Å². The van der Waals surface area contributed by atoms with Crippen molar-refractivity contribution in [3.05, 3.63) is 34.6 Å². The summed E-state index contributed by atoms with van der Waals surface area (Å²) in [5.41, 5.74) is 6.48. The Morgan fingerprint density at radius 3 is 2.89 bits per heavy atom. The normalized spacial score (nSPS) is 24.0. The molecular weight excluding hydrogens is 286 g/mol. The predicted octanol–water partition coefficient (Wildman–Crippen LogP) is 3.46. The van der Waals surface area contributed by atoms with E-state index in [9.17, 15) is 4.39 Å². The first-order valence-corrected chi connectivity index (χ1v) is 6.86. The summed E-state index contributed by atoms with van der Waals surface area (Å²) in [6, 6.07) is 5.08. The number of nitrogens with zero attached hydrogens (tertiary/aromatic N) is 1. The first kappa shape index (κ1) is 16.7. The molecule has 0 aromatic heterocycles. The predicted molar refractivity (Wildman–Crippen MR) is 80.3 cm³/mol. The molecule has 2 unspecified atom stereocenters. The van der Waals surface area contributed by atoms with Gasteiger partial charge in [-0.2, -0.15) is 0 Å². The molecule has 0 aliphatic carbocycles. The van der Waals surface area contributed by atoms with Crippen LogP contribution in [0.5, 0.6) is 0 Å². The van der Waals surface area contributed by atoms with Crippen molar-refractivity contribution in [1.29, 1.82) is 0 Å². The van der Waals surface area contributed by atoms with Gasteiger partial charge in [-0.25, -0.2) is 4.39 Å². The lowest BCUT2D eigenvalue weighted by molar-refractivity contribution is 0.114. The van der Waals surface area contributed by atoms with Crippen LogP contribution in [0.1, 0.15) is 25.3 Å². The van der Waals surface area contributed by atoms with Crippen molar-refractivity contribution >= 4 is 24.0 Å². The first-order chi connectivity index (χ1) is 8.60. The molecule has 108 valence electrons. The van der Waals surface area contributed by atoms with Gasteiger partial charge in [0.1, 0.15) is 5.82 Å². The van der Waals surface area contributed by atoms with Crippen molar-refractivity contribution in [2.75, 3.05) is 13.1 Å². The minimum Gasteiger partial charge on any atom is -0.329 e. The second-order valence-electron chi connectivity index (χ2n) is 5.23. The van der Waals surface area contributed by atoms with E-state index in [0.717, 1.165) is 19.4 Å².